The fourth-order valence-electron chi connectivity index (χ4n) is 4.46. The molecule has 0 aliphatic carbocycles. The molecule has 0 saturated carbocycles. The largest absolute Gasteiger partial charge is 0.342 e. The van der Waals surface area contributed by atoms with Crippen LogP contribution in [0.2, 0.25) is 0 Å². The van der Waals surface area contributed by atoms with Crippen LogP contribution in [0, 0.1) is 18.8 Å². The van der Waals surface area contributed by atoms with Crippen molar-refractivity contribution in [1.82, 2.24) is 14.7 Å². The molecule has 1 aromatic rings. The summed E-state index contributed by atoms with van der Waals surface area (Å²) in [5.74, 6) is 1.09. The molecule has 1 saturated heterocycles. The molecule has 246 valence electrons. The first-order chi connectivity index (χ1) is 20.7. The van der Waals surface area contributed by atoms with E-state index in [1.165, 1.54) is 16.7 Å². The molecular formula is C36H63N3O4. The van der Waals surface area contributed by atoms with E-state index in [-0.39, 0.29) is 5.92 Å². The third-order valence-electron chi connectivity index (χ3n) is 7.59. The Kier molecular flexibility index (Phi) is 31.6. The Labute approximate surface area is 264 Å². The van der Waals surface area contributed by atoms with Crippen LogP contribution in [0.1, 0.15) is 84.8 Å². The number of nitrogens with zero attached hydrogens (tertiary/aromatic N) is 3. The molecule has 1 aromatic carbocycles. The molecule has 7 heteroatoms. The summed E-state index contributed by atoms with van der Waals surface area (Å²) < 4.78 is 0. The number of carbonyl (C=O) groups excluding carboxylic acids is 4. The predicted octanol–water partition coefficient (Wildman–Crippen LogP) is 6.79. The van der Waals surface area contributed by atoms with Crippen molar-refractivity contribution >= 4 is 25.8 Å². The number of benzene rings is 1. The lowest BCUT2D eigenvalue weighted by Gasteiger charge is -2.22. The molecule has 0 radical (unpaired) electrons. The summed E-state index contributed by atoms with van der Waals surface area (Å²) in [6.07, 6.45) is 9.97. The zero-order valence-electron chi connectivity index (χ0n) is 28.8. The van der Waals surface area contributed by atoms with Crippen molar-refractivity contribution in [3.8, 4) is 0 Å². The van der Waals surface area contributed by atoms with Crippen LogP contribution in [0.4, 0.5) is 0 Å². The average molecular weight is 602 g/mol. The second-order valence-corrected chi connectivity index (χ2v) is 10.6. The Morgan fingerprint density at radius 1 is 1.02 bits per heavy atom. The van der Waals surface area contributed by atoms with Crippen LogP contribution >= 0.6 is 0 Å². The molecule has 0 bridgehead atoms. The first-order valence-corrected chi connectivity index (χ1v) is 15.7. The van der Waals surface area contributed by atoms with Gasteiger partial charge in [-0.2, -0.15) is 0 Å². The van der Waals surface area contributed by atoms with Gasteiger partial charge in [0.25, 0.3) is 0 Å². The van der Waals surface area contributed by atoms with Crippen molar-refractivity contribution < 1.29 is 19.2 Å². The number of aldehydes is 1. The molecule has 2 unspecified atom stereocenters. The molecule has 0 aromatic heterocycles. The molecule has 0 spiro atoms. The van der Waals surface area contributed by atoms with E-state index in [9.17, 15) is 9.59 Å². The molecule has 1 aliphatic heterocycles. The topological polar surface area (TPSA) is 78.0 Å². The van der Waals surface area contributed by atoms with Crippen LogP contribution < -0.4 is 0 Å². The maximum absolute atomic E-state index is 11.4. The van der Waals surface area contributed by atoms with Crippen LogP contribution in [0.5, 0.6) is 0 Å². The fourth-order valence-corrected chi connectivity index (χ4v) is 4.46. The average Bonchev–Trinajstić information content (AvgIpc) is 3.56. The number of rotatable bonds is 14. The third kappa shape index (κ3) is 22.3. The van der Waals surface area contributed by atoms with E-state index >= 15 is 0 Å². The van der Waals surface area contributed by atoms with Gasteiger partial charge in [0.05, 0.1) is 0 Å². The van der Waals surface area contributed by atoms with E-state index in [1.807, 2.05) is 31.5 Å². The third-order valence-corrected chi connectivity index (χ3v) is 7.59. The van der Waals surface area contributed by atoms with E-state index in [2.05, 4.69) is 95.3 Å². The molecule has 7 nitrogen and oxygen atoms in total. The highest BCUT2D eigenvalue weighted by Crippen LogP contribution is 2.23. The summed E-state index contributed by atoms with van der Waals surface area (Å²) in [7, 11) is 2.13. The molecule has 1 amide bonds. The lowest BCUT2D eigenvalue weighted by molar-refractivity contribution is -0.129. The van der Waals surface area contributed by atoms with Crippen molar-refractivity contribution in [3.05, 3.63) is 59.7 Å². The van der Waals surface area contributed by atoms with Crippen molar-refractivity contribution in [1.29, 1.82) is 0 Å². The van der Waals surface area contributed by atoms with Crippen LogP contribution in [-0.2, 0) is 25.7 Å². The van der Waals surface area contributed by atoms with Crippen molar-refractivity contribution in [3.63, 3.8) is 0 Å². The van der Waals surface area contributed by atoms with Gasteiger partial charge >= 0.3 is 0 Å². The molecular weight excluding hydrogens is 538 g/mol. The van der Waals surface area contributed by atoms with Gasteiger partial charge < -0.3 is 29.1 Å². The van der Waals surface area contributed by atoms with E-state index < -0.39 is 0 Å². The molecule has 1 aliphatic rings. The number of amides is 1. The highest BCUT2D eigenvalue weighted by Gasteiger charge is 2.25. The summed E-state index contributed by atoms with van der Waals surface area (Å²) in [5.41, 5.74) is 4.05. The highest BCUT2D eigenvalue weighted by molar-refractivity contribution is 5.76. The Balaban J connectivity index is -0.000000643. The summed E-state index contributed by atoms with van der Waals surface area (Å²) in [6, 6.07) is 8.68. The maximum atomic E-state index is 11.4. The number of carbonyl (C=O) groups is 4. The standard InChI is InChI=1S/C19H32N2O.C11H19NO.C4H8.2CH2O/c1-5-21(6-2)14-12-19(16-22)11-13-20(4)15-18-9-7-17(3)8-10-18;1-4-9(3)10-6-7-12(8-10)11(13)5-2;1-3-4-2;2*1-2/h7-10,16,19H,5-6,11-15H2,1-4H3;4,10H,5-8H2,1-3H3;3H,1,4H2,2H3;2*1H2/b;9-4+;;;. The lowest BCUT2D eigenvalue weighted by atomic mass is 10.00. The number of likely N-dealkylation sites (tertiary alicyclic amines) is 1. The maximum Gasteiger partial charge on any atom is 0.222 e. The van der Waals surface area contributed by atoms with E-state index in [1.54, 1.807) is 0 Å². The predicted molar refractivity (Wildman–Crippen MR) is 183 cm³/mol. The van der Waals surface area contributed by atoms with Crippen LogP contribution in [-0.4, -0.2) is 86.8 Å². The second-order valence-electron chi connectivity index (χ2n) is 10.6. The molecule has 1 fully saturated rings. The smallest absolute Gasteiger partial charge is 0.222 e. The van der Waals surface area contributed by atoms with Crippen LogP contribution in [0.3, 0.4) is 0 Å². The number of aryl methyl sites for hydroxylation is 1. The monoisotopic (exact) mass is 601 g/mol. The minimum absolute atomic E-state index is 0.182. The Hall–Kier alpha value is -2.90. The Morgan fingerprint density at radius 3 is 2.00 bits per heavy atom. The van der Waals surface area contributed by atoms with Crippen LogP contribution in [0.25, 0.3) is 0 Å². The quantitative estimate of drug-likeness (QED) is 0.173. The summed E-state index contributed by atoms with van der Waals surface area (Å²) in [5, 5.41) is 0. The Morgan fingerprint density at radius 2 is 1.56 bits per heavy atom. The van der Waals surface area contributed by atoms with E-state index in [0.717, 1.165) is 77.8 Å². The zero-order valence-corrected chi connectivity index (χ0v) is 28.8. The number of hydrogen-bond acceptors (Lipinski definition) is 6. The van der Waals surface area contributed by atoms with Crippen LogP contribution in [0.15, 0.2) is 48.6 Å². The highest BCUT2D eigenvalue weighted by atomic mass is 16.2. The number of allylic oxidation sites excluding steroid dienone is 2. The summed E-state index contributed by atoms with van der Waals surface area (Å²) in [6.45, 7) is 29.1. The summed E-state index contributed by atoms with van der Waals surface area (Å²) >= 11 is 0. The first-order valence-electron chi connectivity index (χ1n) is 15.7. The zero-order chi connectivity index (χ0) is 33.6. The molecule has 0 N–H and O–H groups in total. The van der Waals surface area contributed by atoms with Gasteiger partial charge in [0.2, 0.25) is 5.91 Å². The lowest BCUT2D eigenvalue weighted by Crippen LogP contribution is -2.27. The van der Waals surface area contributed by atoms with Gasteiger partial charge in [-0.05, 0) is 91.2 Å². The molecule has 1 heterocycles. The van der Waals surface area contributed by atoms with Gasteiger partial charge in [0, 0.05) is 32.0 Å². The second kappa shape index (κ2) is 30.6. The SMILES string of the molecule is C/C=C(\C)C1CCN(C(=O)CC)C1.C=CCC.C=O.C=O.CCN(CC)CCC(C=O)CCN(C)Cc1ccc(C)cc1. The Bertz CT molecular complexity index is 851. The molecule has 2 atom stereocenters. The van der Waals surface area contributed by atoms with Crippen molar-refractivity contribution in [2.24, 2.45) is 11.8 Å². The fraction of sp³-hybridized carbons (Fsp3) is 0.611. The van der Waals surface area contributed by atoms with Gasteiger partial charge in [-0.25, -0.2) is 0 Å². The van der Waals surface area contributed by atoms with Crippen molar-refractivity contribution in [2.75, 3.05) is 46.3 Å². The minimum Gasteiger partial charge on any atom is -0.342 e. The van der Waals surface area contributed by atoms with E-state index in [4.69, 9.17) is 9.59 Å². The normalized spacial score (nSPS) is 14.5. The van der Waals surface area contributed by atoms with E-state index in [0.29, 0.717) is 18.2 Å². The first kappa shape index (κ1) is 44.5. The minimum atomic E-state index is 0.182. The van der Waals surface area contributed by atoms with Gasteiger partial charge in [-0.1, -0.05) is 75.2 Å². The number of hydrogen-bond donors (Lipinski definition) is 0. The molecule has 43 heavy (non-hydrogen) atoms. The molecule has 2 rings (SSSR count). The van der Waals surface area contributed by atoms with Gasteiger partial charge in [-0.15, -0.1) is 6.58 Å². The van der Waals surface area contributed by atoms with Crippen molar-refractivity contribution in [2.45, 2.75) is 87.1 Å². The van der Waals surface area contributed by atoms with Gasteiger partial charge in [-0.3, -0.25) is 4.79 Å². The van der Waals surface area contributed by atoms with Gasteiger partial charge in [0.15, 0.2) is 0 Å². The van der Waals surface area contributed by atoms with Gasteiger partial charge in [0.1, 0.15) is 19.9 Å². The summed E-state index contributed by atoms with van der Waals surface area (Å²) in [4.78, 5) is 45.3.